The van der Waals surface area contributed by atoms with Crippen LogP contribution < -0.4 is 0 Å². The lowest BCUT2D eigenvalue weighted by Gasteiger charge is -1.80. The number of allylic oxidation sites excluding steroid dienone is 1. The lowest BCUT2D eigenvalue weighted by Crippen LogP contribution is -1.92. The zero-order valence-electron chi connectivity index (χ0n) is 4.46. The molecule has 8 heavy (non-hydrogen) atoms. The minimum absolute atomic E-state index is 0.510. The van der Waals surface area contributed by atoms with Gasteiger partial charge >= 0.3 is 10.2 Å². The molecule has 0 heterocycles. The molecule has 48 valence electrons. The number of rotatable bonds is 2. The second-order valence-electron chi connectivity index (χ2n) is 1.27. The van der Waals surface area contributed by atoms with E-state index in [4.69, 9.17) is 0 Å². The Morgan fingerprint density at radius 3 is 2.25 bits per heavy atom. The lowest BCUT2D eigenvalue weighted by molar-refractivity contribution is 0.555. The maximum atomic E-state index is 11.5. The third kappa shape index (κ3) is 5.62. The smallest absolute Gasteiger partial charge is 0.195 e. The standard InChI is InChI=1S/C4H7FO2S/c1-2-3-4-8(5,6)7/h2-3H,4H2,1H3/b3-2+. The summed E-state index contributed by atoms with van der Waals surface area (Å²) in [7, 11) is -4.27. The van der Waals surface area contributed by atoms with Crippen LogP contribution in [0.2, 0.25) is 0 Å². The van der Waals surface area contributed by atoms with Crippen LogP contribution in [-0.4, -0.2) is 14.2 Å². The molecule has 0 saturated carbocycles. The first kappa shape index (κ1) is 7.62. The van der Waals surface area contributed by atoms with Gasteiger partial charge in [0.25, 0.3) is 0 Å². The molecular formula is C4H7FO2S. The van der Waals surface area contributed by atoms with Crippen LogP contribution >= 0.6 is 0 Å². The Balaban J connectivity index is 3.76. The second-order valence-corrected chi connectivity index (χ2v) is 2.69. The zero-order valence-corrected chi connectivity index (χ0v) is 5.28. The van der Waals surface area contributed by atoms with Crippen LogP contribution in [0, 0.1) is 0 Å². The van der Waals surface area contributed by atoms with Crippen molar-refractivity contribution in [2.45, 2.75) is 6.92 Å². The van der Waals surface area contributed by atoms with E-state index >= 15 is 0 Å². The fraction of sp³-hybridized carbons (Fsp3) is 0.500. The molecule has 2 nitrogen and oxygen atoms in total. The number of halogens is 1. The maximum absolute atomic E-state index is 11.5. The minimum Gasteiger partial charge on any atom is -0.195 e. The summed E-state index contributed by atoms with van der Waals surface area (Å²) in [6, 6.07) is 0. The highest BCUT2D eigenvalue weighted by Gasteiger charge is 2.00. The molecule has 0 bridgehead atoms. The van der Waals surface area contributed by atoms with Crippen LogP contribution in [0.1, 0.15) is 6.92 Å². The highest BCUT2D eigenvalue weighted by atomic mass is 32.3. The Morgan fingerprint density at radius 2 is 2.12 bits per heavy atom. The zero-order chi connectivity index (χ0) is 6.62. The Hall–Kier alpha value is -0.380. The topological polar surface area (TPSA) is 34.1 Å². The minimum atomic E-state index is -4.27. The fourth-order valence-corrected chi connectivity index (χ4v) is 0.633. The van der Waals surface area contributed by atoms with E-state index in [0.717, 1.165) is 0 Å². The van der Waals surface area contributed by atoms with Crippen LogP contribution in [0.25, 0.3) is 0 Å². The molecule has 0 N–H and O–H groups in total. The van der Waals surface area contributed by atoms with Crippen molar-refractivity contribution in [3.05, 3.63) is 12.2 Å². The normalized spacial score (nSPS) is 12.8. The van der Waals surface area contributed by atoms with E-state index in [-0.39, 0.29) is 0 Å². The van der Waals surface area contributed by atoms with Crippen molar-refractivity contribution in [1.82, 2.24) is 0 Å². The molecule has 0 aliphatic rings. The van der Waals surface area contributed by atoms with Crippen molar-refractivity contribution in [3.63, 3.8) is 0 Å². The van der Waals surface area contributed by atoms with Gasteiger partial charge in [-0.2, -0.15) is 8.42 Å². The van der Waals surface area contributed by atoms with Crippen LogP contribution in [0.3, 0.4) is 0 Å². The number of hydrogen-bond donors (Lipinski definition) is 0. The first-order chi connectivity index (χ1) is 3.56. The molecule has 4 heteroatoms. The van der Waals surface area contributed by atoms with Gasteiger partial charge in [-0.3, -0.25) is 0 Å². The van der Waals surface area contributed by atoms with E-state index in [1.54, 1.807) is 6.92 Å². The van der Waals surface area contributed by atoms with E-state index in [2.05, 4.69) is 0 Å². The Kier molecular flexibility index (Phi) is 2.68. The molecule has 0 fully saturated rings. The van der Waals surface area contributed by atoms with Crippen LogP contribution in [-0.2, 0) is 10.2 Å². The van der Waals surface area contributed by atoms with Gasteiger partial charge in [-0.1, -0.05) is 12.2 Å². The summed E-state index contributed by atoms with van der Waals surface area (Å²) < 4.78 is 30.8. The van der Waals surface area contributed by atoms with Crippen molar-refractivity contribution < 1.29 is 12.3 Å². The maximum Gasteiger partial charge on any atom is 0.305 e. The van der Waals surface area contributed by atoms with Crippen molar-refractivity contribution in [2.75, 3.05) is 5.75 Å². The molecule has 0 aliphatic heterocycles. The van der Waals surface area contributed by atoms with E-state index in [1.165, 1.54) is 12.2 Å². The van der Waals surface area contributed by atoms with Gasteiger partial charge in [-0.25, -0.2) is 0 Å². The van der Waals surface area contributed by atoms with Gasteiger partial charge in [0.05, 0.1) is 5.75 Å². The van der Waals surface area contributed by atoms with Crippen molar-refractivity contribution >= 4 is 10.2 Å². The highest BCUT2D eigenvalue weighted by molar-refractivity contribution is 7.86. The molecule has 0 unspecified atom stereocenters. The van der Waals surface area contributed by atoms with Gasteiger partial charge in [0.1, 0.15) is 0 Å². The SMILES string of the molecule is C/C=C/CS(=O)(=O)F. The Bertz CT molecular complexity index is 168. The first-order valence-corrected chi connectivity index (χ1v) is 3.65. The quantitative estimate of drug-likeness (QED) is 0.419. The third-order valence-corrected chi connectivity index (χ3v) is 1.12. The average molecular weight is 138 g/mol. The largest absolute Gasteiger partial charge is 0.305 e. The third-order valence-electron chi connectivity index (χ3n) is 0.531. The van der Waals surface area contributed by atoms with Gasteiger partial charge in [0.2, 0.25) is 0 Å². The van der Waals surface area contributed by atoms with E-state index in [9.17, 15) is 12.3 Å². The summed E-state index contributed by atoms with van der Waals surface area (Å²) in [5.41, 5.74) is 0. The first-order valence-electron chi connectivity index (χ1n) is 2.10. The van der Waals surface area contributed by atoms with Gasteiger partial charge in [-0.05, 0) is 6.92 Å². The lowest BCUT2D eigenvalue weighted by atomic mass is 10.6. The van der Waals surface area contributed by atoms with Crippen molar-refractivity contribution in [3.8, 4) is 0 Å². The fourth-order valence-electron chi connectivity index (χ4n) is 0.211. The summed E-state index contributed by atoms with van der Waals surface area (Å²) in [6.45, 7) is 1.63. The van der Waals surface area contributed by atoms with Crippen LogP contribution in [0.5, 0.6) is 0 Å². The van der Waals surface area contributed by atoms with E-state index in [0.29, 0.717) is 0 Å². The number of hydrogen-bond acceptors (Lipinski definition) is 2. The van der Waals surface area contributed by atoms with Crippen LogP contribution in [0.4, 0.5) is 3.89 Å². The molecule has 0 atom stereocenters. The molecular weight excluding hydrogens is 131 g/mol. The molecule has 0 aromatic carbocycles. The summed E-state index contributed by atoms with van der Waals surface area (Å²) >= 11 is 0. The predicted octanol–water partition coefficient (Wildman–Crippen LogP) is 0.862. The molecule has 0 saturated heterocycles. The Labute approximate surface area is 48.2 Å². The van der Waals surface area contributed by atoms with Crippen molar-refractivity contribution in [2.24, 2.45) is 0 Å². The molecule has 0 radical (unpaired) electrons. The predicted molar refractivity (Wildman–Crippen MR) is 29.7 cm³/mol. The highest BCUT2D eigenvalue weighted by Crippen LogP contribution is 1.89. The summed E-state index contributed by atoms with van der Waals surface area (Å²) in [5, 5.41) is 0. The van der Waals surface area contributed by atoms with Crippen LogP contribution in [0.15, 0.2) is 12.2 Å². The van der Waals surface area contributed by atoms with E-state index < -0.39 is 16.0 Å². The summed E-state index contributed by atoms with van der Waals surface area (Å²) in [4.78, 5) is 0. The van der Waals surface area contributed by atoms with Gasteiger partial charge in [-0.15, -0.1) is 3.89 Å². The van der Waals surface area contributed by atoms with E-state index in [1.807, 2.05) is 0 Å². The molecule has 0 aliphatic carbocycles. The molecule has 0 aromatic rings. The Morgan fingerprint density at radius 1 is 1.62 bits per heavy atom. The molecule has 0 spiro atoms. The van der Waals surface area contributed by atoms with Gasteiger partial charge < -0.3 is 0 Å². The molecule has 0 rings (SSSR count). The molecule has 0 aromatic heterocycles. The van der Waals surface area contributed by atoms with Gasteiger partial charge in [0, 0.05) is 0 Å². The molecule has 0 amide bonds. The second kappa shape index (κ2) is 2.81. The summed E-state index contributed by atoms with van der Waals surface area (Å²) in [6.07, 6.45) is 2.73. The monoisotopic (exact) mass is 138 g/mol. The van der Waals surface area contributed by atoms with Gasteiger partial charge in [0.15, 0.2) is 0 Å². The summed E-state index contributed by atoms with van der Waals surface area (Å²) in [5.74, 6) is -0.510. The average Bonchev–Trinajstić information content (AvgIpc) is 1.59. The van der Waals surface area contributed by atoms with Crippen molar-refractivity contribution in [1.29, 1.82) is 0 Å².